The minimum Gasteiger partial charge on any atom is -0.454 e. The zero-order valence-corrected chi connectivity index (χ0v) is 19.1. The van der Waals surface area contributed by atoms with Gasteiger partial charge in [0.15, 0.2) is 6.61 Å². The van der Waals surface area contributed by atoms with Gasteiger partial charge in [0, 0.05) is 5.02 Å². The molecule has 30 heavy (non-hydrogen) atoms. The number of ether oxygens (including phenoxy) is 1. The first kappa shape index (κ1) is 24.4. The third-order valence-corrected chi connectivity index (χ3v) is 6.24. The summed E-state index contributed by atoms with van der Waals surface area (Å²) < 4.78 is 32.4. The first-order valence-electron chi connectivity index (χ1n) is 8.69. The molecule has 1 atom stereocenters. The van der Waals surface area contributed by atoms with Gasteiger partial charge in [-0.15, -0.1) is 0 Å². The van der Waals surface area contributed by atoms with E-state index in [0.29, 0.717) is 5.02 Å². The van der Waals surface area contributed by atoms with Gasteiger partial charge >= 0.3 is 5.97 Å². The Morgan fingerprint density at radius 3 is 2.10 bits per heavy atom. The minimum atomic E-state index is -4.01. The van der Waals surface area contributed by atoms with Crippen LogP contribution in [0.4, 0.5) is 5.69 Å². The third kappa shape index (κ3) is 6.58. The van der Waals surface area contributed by atoms with Crippen LogP contribution in [0.2, 0.25) is 15.1 Å². The fraction of sp³-hybridized carbons (Fsp3) is 0.263. The molecule has 0 aliphatic rings. The number of para-hydroxylation sites is 1. The second kappa shape index (κ2) is 10.5. The maximum Gasteiger partial charge on any atom is 0.324 e. The highest BCUT2D eigenvalue weighted by molar-refractivity contribution is 7.89. The highest BCUT2D eigenvalue weighted by atomic mass is 35.5. The minimum absolute atomic E-state index is 0.0588. The number of benzene rings is 2. The van der Waals surface area contributed by atoms with E-state index < -0.39 is 40.5 Å². The van der Waals surface area contributed by atoms with Gasteiger partial charge in [-0.05, 0) is 42.3 Å². The van der Waals surface area contributed by atoms with Crippen molar-refractivity contribution in [1.29, 1.82) is 0 Å². The highest BCUT2D eigenvalue weighted by Gasteiger charge is 2.30. The van der Waals surface area contributed by atoms with Crippen LogP contribution in [0.5, 0.6) is 0 Å². The Morgan fingerprint density at radius 2 is 1.57 bits per heavy atom. The lowest BCUT2D eigenvalue weighted by atomic mass is 10.1. The number of sulfonamides is 1. The predicted octanol–water partition coefficient (Wildman–Crippen LogP) is 4.13. The molecule has 1 amide bonds. The van der Waals surface area contributed by atoms with E-state index in [-0.39, 0.29) is 20.6 Å². The van der Waals surface area contributed by atoms with Crippen molar-refractivity contribution in [1.82, 2.24) is 4.72 Å². The summed E-state index contributed by atoms with van der Waals surface area (Å²) >= 11 is 17.7. The number of hydrogen-bond donors (Lipinski definition) is 2. The van der Waals surface area contributed by atoms with Crippen LogP contribution in [0, 0.1) is 5.92 Å². The SMILES string of the molecule is CC(C)[C@H](NS(=O)(=O)c1ccc(Cl)cc1)C(=O)OCC(=O)Nc1c(Cl)cccc1Cl. The normalized spacial score (nSPS) is 12.5. The van der Waals surface area contributed by atoms with Crippen LogP contribution in [0.3, 0.4) is 0 Å². The van der Waals surface area contributed by atoms with Crippen LogP contribution in [0.15, 0.2) is 47.4 Å². The standard InChI is InChI=1S/C19H19Cl3N2O5S/c1-11(2)17(24-30(27,28)13-8-6-12(20)7-9-13)19(26)29-10-16(25)23-18-14(21)4-3-5-15(18)22/h3-9,11,17,24H,10H2,1-2H3,(H,23,25)/t17-/m0/s1. The molecular formula is C19H19Cl3N2O5S. The fourth-order valence-electron chi connectivity index (χ4n) is 2.32. The summed E-state index contributed by atoms with van der Waals surface area (Å²) in [5.74, 6) is -2.02. The maximum atomic E-state index is 12.5. The van der Waals surface area contributed by atoms with E-state index in [1.54, 1.807) is 19.9 Å². The zero-order valence-electron chi connectivity index (χ0n) is 16.0. The number of halogens is 3. The van der Waals surface area contributed by atoms with Gasteiger partial charge in [0.25, 0.3) is 5.91 Å². The molecule has 2 aromatic rings. The quantitative estimate of drug-likeness (QED) is 0.538. The van der Waals surface area contributed by atoms with Crippen LogP contribution in [-0.2, 0) is 24.3 Å². The van der Waals surface area contributed by atoms with E-state index in [2.05, 4.69) is 10.0 Å². The van der Waals surface area contributed by atoms with Crippen LogP contribution in [0.25, 0.3) is 0 Å². The van der Waals surface area contributed by atoms with Crippen LogP contribution >= 0.6 is 34.8 Å². The van der Waals surface area contributed by atoms with Crippen molar-refractivity contribution in [3.63, 3.8) is 0 Å². The van der Waals surface area contributed by atoms with Crippen LogP contribution < -0.4 is 10.0 Å². The Kier molecular flexibility index (Phi) is 8.52. The van der Waals surface area contributed by atoms with E-state index in [9.17, 15) is 18.0 Å². The summed E-state index contributed by atoms with van der Waals surface area (Å²) in [7, 11) is -4.01. The molecule has 2 aromatic carbocycles. The number of carbonyl (C=O) groups is 2. The van der Waals surface area contributed by atoms with Gasteiger partial charge in [-0.25, -0.2) is 8.42 Å². The van der Waals surface area contributed by atoms with E-state index >= 15 is 0 Å². The lowest BCUT2D eigenvalue weighted by Gasteiger charge is -2.21. The van der Waals surface area contributed by atoms with E-state index in [4.69, 9.17) is 39.5 Å². The Balaban J connectivity index is 2.03. The molecule has 0 fully saturated rings. The highest BCUT2D eigenvalue weighted by Crippen LogP contribution is 2.29. The molecule has 0 radical (unpaired) electrons. The van der Waals surface area contributed by atoms with E-state index in [1.807, 2.05) is 0 Å². The molecule has 0 heterocycles. The zero-order chi connectivity index (χ0) is 22.5. The second-order valence-electron chi connectivity index (χ2n) is 6.55. The van der Waals surface area contributed by atoms with Crippen molar-refractivity contribution in [2.45, 2.75) is 24.8 Å². The van der Waals surface area contributed by atoms with Gasteiger partial charge in [0.2, 0.25) is 10.0 Å². The molecule has 0 aliphatic carbocycles. The second-order valence-corrected chi connectivity index (χ2v) is 9.51. The molecular weight excluding hydrogens is 475 g/mol. The van der Waals surface area contributed by atoms with Crippen LogP contribution in [0.1, 0.15) is 13.8 Å². The number of hydrogen-bond acceptors (Lipinski definition) is 5. The molecule has 0 saturated heterocycles. The topological polar surface area (TPSA) is 102 Å². The summed E-state index contributed by atoms with van der Waals surface area (Å²) in [5, 5.41) is 3.26. The average molecular weight is 494 g/mol. The first-order chi connectivity index (χ1) is 14.0. The summed E-state index contributed by atoms with van der Waals surface area (Å²) in [6, 6.07) is 8.95. The molecule has 0 saturated carbocycles. The molecule has 0 aromatic heterocycles. The van der Waals surface area contributed by atoms with E-state index in [1.165, 1.54) is 36.4 Å². The molecule has 162 valence electrons. The van der Waals surface area contributed by atoms with Crippen molar-refractivity contribution in [2.75, 3.05) is 11.9 Å². The fourth-order valence-corrected chi connectivity index (χ4v) is 4.28. The van der Waals surface area contributed by atoms with E-state index in [0.717, 1.165) is 0 Å². The van der Waals surface area contributed by atoms with Gasteiger partial charge in [0.05, 0.1) is 20.6 Å². The number of esters is 1. The average Bonchev–Trinajstić information content (AvgIpc) is 2.67. The van der Waals surface area contributed by atoms with Crippen molar-refractivity contribution in [3.8, 4) is 0 Å². The summed E-state index contributed by atoms with van der Waals surface area (Å²) in [4.78, 5) is 24.5. The van der Waals surface area contributed by atoms with Gasteiger partial charge in [0.1, 0.15) is 6.04 Å². The third-order valence-electron chi connectivity index (χ3n) is 3.90. The monoisotopic (exact) mass is 492 g/mol. The molecule has 0 bridgehead atoms. The van der Waals surface area contributed by atoms with Gasteiger partial charge in [-0.1, -0.05) is 54.7 Å². The smallest absolute Gasteiger partial charge is 0.324 e. The number of rotatable bonds is 8. The Hall–Kier alpha value is -1.84. The van der Waals surface area contributed by atoms with Crippen molar-refractivity contribution < 1.29 is 22.7 Å². The van der Waals surface area contributed by atoms with Gasteiger partial charge in [-0.2, -0.15) is 4.72 Å². The Labute approximate surface area is 189 Å². The largest absolute Gasteiger partial charge is 0.454 e. The lowest BCUT2D eigenvalue weighted by molar-refractivity contribution is -0.150. The molecule has 2 rings (SSSR count). The van der Waals surface area contributed by atoms with Gasteiger partial charge in [-0.3, -0.25) is 9.59 Å². The number of anilines is 1. The Bertz CT molecular complexity index is 1010. The molecule has 0 unspecified atom stereocenters. The number of nitrogens with one attached hydrogen (secondary N) is 2. The molecule has 7 nitrogen and oxygen atoms in total. The Morgan fingerprint density at radius 1 is 1.00 bits per heavy atom. The maximum absolute atomic E-state index is 12.5. The van der Waals surface area contributed by atoms with Crippen molar-refractivity contribution in [3.05, 3.63) is 57.5 Å². The summed E-state index contributed by atoms with van der Waals surface area (Å²) in [6.45, 7) is 2.63. The molecule has 2 N–H and O–H groups in total. The first-order valence-corrected chi connectivity index (χ1v) is 11.3. The summed E-state index contributed by atoms with van der Waals surface area (Å²) in [6.07, 6.45) is 0. The van der Waals surface area contributed by atoms with Crippen LogP contribution in [-0.4, -0.2) is 32.9 Å². The predicted molar refractivity (Wildman–Crippen MR) is 116 cm³/mol. The molecule has 0 spiro atoms. The molecule has 0 aliphatic heterocycles. The number of carbonyl (C=O) groups excluding carboxylic acids is 2. The van der Waals surface area contributed by atoms with Crippen molar-refractivity contribution >= 4 is 62.4 Å². The number of amides is 1. The molecule has 11 heteroatoms. The van der Waals surface area contributed by atoms with Gasteiger partial charge < -0.3 is 10.1 Å². The lowest BCUT2D eigenvalue weighted by Crippen LogP contribution is -2.45. The van der Waals surface area contributed by atoms with Crippen molar-refractivity contribution in [2.24, 2.45) is 5.92 Å². The summed E-state index contributed by atoms with van der Waals surface area (Å²) in [5.41, 5.74) is 0.186.